The molecule has 9 heteroatoms. The number of carbonyl (C=O) groups is 1. The van der Waals surface area contributed by atoms with Crippen LogP contribution in [-0.2, 0) is 6.54 Å². The van der Waals surface area contributed by atoms with Crippen LogP contribution in [0.5, 0.6) is 0 Å². The van der Waals surface area contributed by atoms with E-state index in [4.69, 9.17) is 4.52 Å². The van der Waals surface area contributed by atoms with Crippen LogP contribution in [0, 0.1) is 0 Å². The Bertz CT molecular complexity index is 1010. The Kier molecular flexibility index (Phi) is 4.17. The molecule has 0 aliphatic rings. The number of carbonyl (C=O) groups excluding carboxylic acids is 1. The van der Waals surface area contributed by atoms with E-state index in [-0.39, 0.29) is 18.1 Å². The average molecular weight is 347 g/mol. The third kappa shape index (κ3) is 3.31. The SMILES string of the molecule is O=C(NCc1nc(-c2ccncc2)no1)c1cnn(-c2ccccc2)n1. The first-order valence-corrected chi connectivity index (χ1v) is 7.78. The summed E-state index contributed by atoms with van der Waals surface area (Å²) in [5, 5.41) is 14.8. The van der Waals surface area contributed by atoms with Gasteiger partial charge in [0.2, 0.25) is 11.7 Å². The Balaban J connectivity index is 1.40. The van der Waals surface area contributed by atoms with Gasteiger partial charge in [-0.1, -0.05) is 23.4 Å². The van der Waals surface area contributed by atoms with Crippen LogP contribution in [0.1, 0.15) is 16.4 Å². The van der Waals surface area contributed by atoms with Crippen LogP contribution in [-0.4, -0.2) is 36.0 Å². The van der Waals surface area contributed by atoms with Gasteiger partial charge < -0.3 is 9.84 Å². The van der Waals surface area contributed by atoms with Crippen molar-refractivity contribution in [2.24, 2.45) is 0 Å². The van der Waals surface area contributed by atoms with Gasteiger partial charge in [0.15, 0.2) is 5.69 Å². The van der Waals surface area contributed by atoms with E-state index in [0.29, 0.717) is 11.7 Å². The number of hydrogen-bond donors (Lipinski definition) is 1. The molecule has 0 spiro atoms. The van der Waals surface area contributed by atoms with E-state index in [1.807, 2.05) is 30.3 Å². The lowest BCUT2D eigenvalue weighted by atomic mass is 10.2. The van der Waals surface area contributed by atoms with Gasteiger partial charge in [-0.25, -0.2) is 0 Å². The second kappa shape index (κ2) is 6.93. The molecule has 1 aromatic carbocycles. The Morgan fingerprint density at radius 2 is 1.92 bits per heavy atom. The minimum atomic E-state index is -0.379. The number of hydrogen-bond acceptors (Lipinski definition) is 7. The summed E-state index contributed by atoms with van der Waals surface area (Å²) in [6.45, 7) is 0.0924. The molecular formula is C17H13N7O2. The van der Waals surface area contributed by atoms with Crippen molar-refractivity contribution in [2.45, 2.75) is 6.54 Å². The van der Waals surface area contributed by atoms with Gasteiger partial charge in [-0.05, 0) is 24.3 Å². The van der Waals surface area contributed by atoms with Gasteiger partial charge in [-0.2, -0.15) is 14.9 Å². The smallest absolute Gasteiger partial charge is 0.273 e. The standard InChI is InChI=1S/C17H13N7O2/c25-17(14-10-20-24(22-14)13-4-2-1-3-5-13)19-11-15-21-16(23-26-15)12-6-8-18-9-7-12/h1-10H,11H2,(H,19,25). The number of amides is 1. The maximum atomic E-state index is 12.2. The summed E-state index contributed by atoms with van der Waals surface area (Å²) in [6.07, 6.45) is 4.69. The Labute approximate surface area is 147 Å². The molecule has 9 nitrogen and oxygen atoms in total. The Morgan fingerprint density at radius 3 is 2.73 bits per heavy atom. The highest BCUT2D eigenvalue weighted by Gasteiger charge is 2.14. The van der Waals surface area contributed by atoms with Crippen LogP contribution in [0.4, 0.5) is 0 Å². The average Bonchev–Trinajstić information content (AvgIpc) is 3.37. The van der Waals surface area contributed by atoms with E-state index in [9.17, 15) is 4.79 Å². The van der Waals surface area contributed by atoms with Gasteiger partial charge in [0.1, 0.15) is 0 Å². The van der Waals surface area contributed by atoms with Crippen LogP contribution in [0.2, 0.25) is 0 Å². The van der Waals surface area contributed by atoms with E-state index in [1.165, 1.54) is 11.0 Å². The number of nitrogens with zero attached hydrogens (tertiary/aromatic N) is 6. The molecule has 128 valence electrons. The largest absolute Gasteiger partial charge is 0.342 e. The lowest BCUT2D eigenvalue weighted by molar-refractivity contribution is 0.0941. The van der Waals surface area contributed by atoms with Gasteiger partial charge >= 0.3 is 0 Å². The topological polar surface area (TPSA) is 112 Å². The molecule has 3 aromatic heterocycles. The number of para-hydroxylation sites is 1. The van der Waals surface area contributed by atoms with E-state index >= 15 is 0 Å². The molecule has 4 aromatic rings. The van der Waals surface area contributed by atoms with Gasteiger partial charge in [-0.3, -0.25) is 9.78 Å². The maximum absolute atomic E-state index is 12.2. The molecule has 0 aliphatic carbocycles. The fourth-order valence-corrected chi connectivity index (χ4v) is 2.24. The molecule has 3 heterocycles. The fourth-order valence-electron chi connectivity index (χ4n) is 2.24. The van der Waals surface area contributed by atoms with Crippen LogP contribution in [0.15, 0.2) is 65.6 Å². The zero-order valence-corrected chi connectivity index (χ0v) is 13.5. The summed E-state index contributed by atoms with van der Waals surface area (Å²) in [7, 11) is 0. The van der Waals surface area contributed by atoms with Crippen molar-refractivity contribution in [3.63, 3.8) is 0 Å². The first kappa shape index (κ1) is 15.6. The zero-order valence-electron chi connectivity index (χ0n) is 13.5. The van der Waals surface area contributed by atoms with Crippen molar-refractivity contribution < 1.29 is 9.32 Å². The van der Waals surface area contributed by atoms with E-state index in [2.05, 4.69) is 30.6 Å². The van der Waals surface area contributed by atoms with E-state index < -0.39 is 0 Å². The molecule has 0 saturated carbocycles. The van der Waals surface area contributed by atoms with Crippen LogP contribution >= 0.6 is 0 Å². The van der Waals surface area contributed by atoms with E-state index in [0.717, 1.165) is 11.3 Å². The summed E-state index contributed by atoms with van der Waals surface area (Å²) >= 11 is 0. The summed E-state index contributed by atoms with van der Waals surface area (Å²) in [6, 6.07) is 12.9. The minimum Gasteiger partial charge on any atom is -0.342 e. The zero-order chi connectivity index (χ0) is 17.8. The predicted molar refractivity (Wildman–Crippen MR) is 90.1 cm³/mol. The summed E-state index contributed by atoms with van der Waals surface area (Å²) < 4.78 is 5.14. The number of rotatable bonds is 5. The monoisotopic (exact) mass is 347 g/mol. The Hall–Kier alpha value is -3.88. The molecule has 1 amide bonds. The molecule has 0 atom stereocenters. The summed E-state index contributed by atoms with van der Waals surface area (Å²) in [5.41, 5.74) is 1.75. The van der Waals surface area contributed by atoms with Gasteiger partial charge in [-0.15, -0.1) is 5.10 Å². The molecule has 0 unspecified atom stereocenters. The molecule has 0 aliphatic heterocycles. The number of pyridine rings is 1. The molecule has 1 N–H and O–H groups in total. The van der Waals surface area contributed by atoms with Crippen LogP contribution < -0.4 is 5.32 Å². The van der Waals surface area contributed by atoms with Gasteiger partial charge in [0.25, 0.3) is 5.91 Å². The normalized spacial score (nSPS) is 10.6. The van der Waals surface area contributed by atoms with Crippen LogP contribution in [0.3, 0.4) is 0 Å². The first-order valence-electron chi connectivity index (χ1n) is 7.78. The van der Waals surface area contributed by atoms with E-state index in [1.54, 1.807) is 24.5 Å². The maximum Gasteiger partial charge on any atom is 0.273 e. The predicted octanol–water partition coefficient (Wildman–Crippen LogP) is 1.64. The highest BCUT2D eigenvalue weighted by Crippen LogP contribution is 2.13. The lowest BCUT2D eigenvalue weighted by Crippen LogP contribution is -2.23. The lowest BCUT2D eigenvalue weighted by Gasteiger charge is -1.99. The molecular weight excluding hydrogens is 334 g/mol. The van der Waals surface area contributed by atoms with Crippen molar-refractivity contribution in [1.82, 2.24) is 35.4 Å². The molecule has 26 heavy (non-hydrogen) atoms. The first-order chi connectivity index (χ1) is 12.8. The van der Waals surface area contributed by atoms with Gasteiger partial charge in [0.05, 0.1) is 18.4 Å². The van der Waals surface area contributed by atoms with Gasteiger partial charge in [0, 0.05) is 18.0 Å². The molecule has 0 fully saturated rings. The minimum absolute atomic E-state index is 0.0924. The Morgan fingerprint density at radius 1 is 1.12 bits per heavy atom. The molecule has 0 bridgehead atoms. The second-order valence-electron chi connectivity index (χ2n) is 5.29. The quantitative estimate of drug-likeness (QED) is 0.584. The molecule has 0 radical (unpaired) electrons. The molecule has 0 saturated heterocycles. The number of aromatic nitrogens is 6. The van der Waals surface area contributed by atoms with Crippen molar-refractivity contribution >= 4 is 5.91 Å². The van der Waals surface area contributed by atoms with Crippen LogP contribution in [0.25, 0.3) is 17.1 Å². The fraction of sp³-hybridized carbons (Fsp3) is 0.0588. The molecule has 4 rings (SSSR count). The highest BCUT2D eigenvalue weighted by molar-refractivity contribution is 5.91. The summed E-state index contributed by atoms with van der Waals surface area (Å²) in [5.74, 6) is 0.350. The second-order valence-corrected chi connectivity index (χ2v) is 5.29. The van der Waals surface area contributed by atoms with Crippen molar-refractivity contribution in [3.8, 4) is 17.1 Å². The third-order valence-corrected chi connectivity index (χ3v) is 3.52. The van der Waals surface area contributed by atoms with Crippen molar-refractivity contribution in [3.05, 3.63) is 72.6 Å². The van der Waals surface area contributed by atoms with Crippen molar-refractivity contribution in [1.29, 1.82) is 0 Å². The third-order valence-electron chi connectivity index (χ3n) is 3.52. The number of benzene rings is 1. The highest BCUT2D eigenvalue weighted by atomic mass is 16.5. The number of nitrogens with one attached hydrogen (secondary N) is 1. The summed E-state index contributed by atoms with van der Waals surface area (Å²) in [4.78, 5) is 21.8. The van der Waals surface area contributed by atoms with Crippen molar-refractivity contribution in [2.75, 3.05) is 0 Å².